The lowest BCUT2D eigenvalue weighted by atomic mass is 10.3. The minimum absolute atomic E-state index is 0.515. The molecule has 1 aromatic carbocycles. The summed E-state index contributed by atoms with van der Waals surface area (Å²) in [7, 11) is 1.77. The molecule has 2 rings (SSSR count). The van der Waals surface area contributed by atoms with Crippen LogP contribution in [0, 0.1) is 6.92 Å². The number of benzene rings is 1. The van der Waals surface area contributed by atoms with Crippen LogP contribution in [0.1, 0.15) is 12.6 Å². The molecule has 0 amide bonds. The number of nitrogens with zero attached hydrogens (tertiary/aromatic N) is 2. The van der Waals surface area contributed by atoms with E-state index in [1.165, 1.54) is 0 Å². The smallest absolute Gasteiger partial charge is 0.225 e. The molecule has 1 aromatic heterocycles. The van der Waals surface area contributed by atoms with Gasteiger partial charge in [0.15, 0.2) is 0 Å². The van der Waals surface area contributed by atoms with E-state index in [1.54, 1.807) is 13.1 Å². The van der Waals surface area contributed by atoms with Crippen LogP contribution in [-0.2, 0) is 0 Å². The van der Waals surface area contributed by atoms with E-state index in [0.29, 0.717) is 24.2 Å². The van der Waals surface area contributed by atoms with E-state index >= 15 is 0 Å². The number of anilines is 1. The molecule has 0 unspecified atom stereocenters. The second kappa shape index (κ2) is 6.04. The van der Waals surface area contributed by atoms with E-state index in [-0.39, 0.29) is 0 Å². The normalized spacial score (nSPS) is 10.1. The molecule has 0 aliphatic rings. The van der Waals surface area contributed by atoms with Gasteiger partial charge in [-0.05, 0) is 38.1 Å². The van der Waals surface area contributed by atoms with E-state index in [1.807, 2.05) is 38.1 Å². The molecular formula is C14H17N3O2. The number of hydrogen-bond donors (Lipinski definition) is 1. The van der Waals surface area contributed by atoms with Gasteiger partial charge in [0, 0.05) is 18.8 Å². The van der Waals surface area contributed by atoms with Gasteiger partial charge >= 0.3 is 0 Å². The fourth-order valence-corrected chi connectivity index (χ4v) is 1.60. The van der Waals surface area contributed by atoms with Gasteiger partial charge in [0.05, 0.1) is 6.61 Å². The summed E-state index contributed by atoms with van der Waals surface area (Å²) in [5, 5.41) is 2.90. The lowest BCUT2D eigenvalue weighted by Crippen LogP contribution is -1.99. The molecule has 100 valence electrons. The van der Waals surface area contributed by atoms with Gasteiger partial charge in [0.25, 0.3) is 0 Å². The SMILES string of the molecule is CCOc1ccc(Oc2cc(C)nc(NC)n2)cc1. The Morgan fingerprint density at radius 1 is 1.11 bits per heavy atom. The fourth-order valence-electron chi connectivity index (χ4n) is 1.60. The van der Waals surface area contributed by atoms with Crippen LogP contribution in [0.3, 0.4) is 0 Å². The lowest BCUT2D eigenvalue weighted by Gasteiger charge is -2.08. The highest BCUT2D eigenvalue weighted by atomic mass is 16.5. The standard InChI is InChI=1S/C14H17N3O2/c1-4-18-11-5-7-12(8-6-11)19-13-9-10(2)16-14(15-3)17-13/h5-9H,4H2,1-3H3,(H,15,16,17). The Morgan fingerprint density at radius 2 is 1.79 bits per heavy atom. The number of hydrogen-bond acceptors (Lipinski definition) is 5. The summed E-state index contributed by atoms with van der Waals surface area (Å²) in [6.07, 6.45) is 0. The first-order valence-corrected chi connectivity index (χ1v) is 6.15. The number of nitrogens with one attached hydrogen (secondary N) is 1. The van der Waals surface area contributed by atoms with Crippen molar-refractivity contribution in [1.82, 2.24) is 9.97 Å². The number of aryl methyl sites for hydroxylation is 1. The first kappa shape index (κ1) is 13.1. The number of ether oxygens (including phenoxy) is 2. The molecule has 1 heterocycles. The third-order valence-corrected chi connectivity index (χ3v) is 2.41. The van der Waals surface area contributed by atoms with Gasteiger partial charge in [-0.3, -0.25) is 0 Å². The topological polar surface area (TPSA) is 56.3 Å². The van der Waals surface area contributed by atoms with Crippen molar-refractivity contribution >= 4 is 5.95 Å². The predicted molar refractivity (Wildman–Crippen MR) is 74.0 cm³/mol. The number of aromatic nitrogens is 2. The molecule has 19 heavy (non-hydrogen) atoms. The van der Waals surface area contributed by atoms with E-state index in [4.69, 9.17) is 9.47 Å². The highest BCUT2D eigenvalue weighted by Crippen LogP contribution is 2.23. The molecular weight excluding hydrogens is 242 g/mol. The first-order chi connectivity index (χ1) is 9.21. The molecule has 5 heteroatoms. The summed E-state index contributed by atoms with van der Waals surface area (Å²) in [6.45, 7) is 4.50. The lowest BCUT2D eigenvalue weighted by molar-refractivity contribution is 0.339. The van der Waals surface area contributed by atoms with Crippen LogP contribution in [0.5, 0.6) is 17.4 Å². The van der Waals surface area contributed by atoms with Crippen molar-refractivity contribution in [1.29, 1.82) is 0 Å². The summed E-state index contributed by atoms with van der Waals surface area (Å²) in [5.74, 6) is 2.59. The Bertz CT molecular complexity index is 541. The number of rotatable bonds is 5. The van der Waals surface area contributed by atoms with Crippen LogP contribution in [0.15, 0.2) is 30.3 Å². The molecule has 0 radical (unpaired) electrons. The maximum Gasteiger partial charge on any atom is 0.225 e. The van der Waals surface area contributed by atoms with Crippen molar-refractivity contribution in [3.8, 4) is 17.4 Å². The van der Waals surface area contributed by atoms with E-state index < -0.39 is 0 Å². The quantitative estimate of drug-likeness (QED) is 0.894. The van der Waals surface area contributed by atoms with Crippen LogP contribution in [0.4, 0.5) is 5.95 Å². The second-order valence-corrected chi connectivity index (χ2v) is 3.93. The fraction of sp³-hybridized carbons (Fsp3) is 0.286. The molecule has 0 fully saturated rings. The molecule has 0 aliphatic heterocycles. The monoisotopic (exact) mass is 259 g/mol. The van der Waals surface area contributed by atoms with Crippen LogP contribution >= 0.6 is 0 Å². The van der Waals surface area contributed by atoms with E-state index in [0.717, 1.165) is 11.4 Å². The van der Waals surface area contributed by atoms with Crippen LogP contribution in [0.2, 0.25) is 0 Å². The van der Waals surface area contributed by atoms with Gasteiger partial charge in [-0.2, -0.15) is 4.98 Å². The van der Waals surface area contributed by atoms with Crippen molar-refractivity contribution in [3.63, 3.8) is 0 Å². The Kier molecular flexibility index (Phi) is 4.18. The molecule has 0 atom stereocenters. The molecule has 5 nitrogen and oxygen atoms in total. The minimum atomic E-state index is 0.515. The van der Waals surface area contributed by atoms with Gasteiger partial charge in [0.2, 0.25) is 11.8 Å². The highest BCUT2D eigenvalue weighted by Gasteiger charge is 2.03. The Labute approximate surface area is 112 Å². The summed E-state index contributed by atoms with van der Waals surface area (Å²) in [4.78, 5) is 8.44. The Hall–Kier alpha value is -2.30. The predicted octanol–water partition coefficient (Wildman–Crippen LogP) is 3.02. The summed E-state index contributed by atoms with van der Waals surface area (Å²) >= 11 is 0. The average molecular weight is 259 g/mol. The van der Waals surface area contributed by atoms with Gasteiger partial charge in [-0.1, -0.05) is 0 Å². The van der Waals surface area contributed by atoms with Crippen molar-refractivity contribution < 1.29 is 9.47 Å². The van der Waals surface area contributed by atoms with Crippen LogP contribution in [-0.4, -0.2) is 23.6 Å². The highest BCUT2D eigenvalue weighted by molar-refractivity contribution is 5.36. The Morgan fingerprint density at radius 3 is 2.42 bits per heavy atom. The zero-order valence-corrected chi connectivity index (χ0v) is 11.3. The van der Waals surface area contributed by atoms with Crippen molar-refractivity contribution in [2.75, 3.05) is 19.0 Å². The van der Waals surface area contributed by atoms with E-state index in [9.17, 15) is 0 Å². The van der Waals surface area contributed by atoms with Crippen molar-refractivity contribution in [2.45, 2.75) is 13.8 Å². The van der Waals surface area contributed by atoms with Gasteiger partial charge < -0.3 is 14.8 Å². The maximum atomic E-state index is 5.69. The Balaban J connectivity index is 2.14. The average Bonchev–Trinajstić information content (AvgIpc) is 2.40. The van der Waals surface area contributed by atoms with Crippen molar-refractivity contribution in [2.24, 2.45) is 0 Å². The van der Waals surface area contributed by atoms with Crippen LogP contribution in [0.25, 0.3) is 0 Å². The van der Waals surface area contributed by atoms with Crippen molar-refractivity contribution in [3.05, 3.63) is 36.0 Å². The summed E-state index contributed by atoms with van der Waals surface area (Å²) < 4.78 is 11.1. The van der Waals surface area contributed by atoms with Gasteiger partial charge in [-0.25, -0.2) is 4.98 Å². The largest absolute Gasteiger partial charge is 0.494 e. The third-order valence-electron chi connectivity index (χ3n) is 2.41. The minimum Gasteiger partial charge on any atom is -0.494 e. The van der Waals surface area contributed by atoms with E-state index in [2.05, 4.69) is 15.3 Å². The molecule has 0 spiro atoms. The summed E-state index contributed by atoms with van der Waals surface area (Å²) in [5.41, 5.74) is 0.847. The zero-order chi connectivity index (χ0) is 13.7. The third kappa shape index (κ3) is 3.58. The molecule has 1 N–H and O–H groups in total. The molecule has 0 saturated heterocycles. The second-order valence-electron chi connectivity index (χ2n) is 3.93. The van der Waals surface area contributed by atoms with Gasteiger partial charge in [-0.15, -0.1) is 0 Å². The first-order valence-electron chi connectivity index (χ1n) is 6.15. The molecule has 2 aromatic rings. The molecule has 0 aliphatic carbocycles. The summed E-state index contributed by atoms with van der Waals surface area (Å²) in [6, 6.07) is 9.22. The molecule has 0 saturated carbocycles. The van der Waals surface area contributed by atoms with Gasteiger partial charge in [0.1, 0.15) is 11.5 Å². The molecule has 0 bridgehead atoms. The zero-order valence-electron chi connectivity index (χ0n) is 11.3. The maximum absolute atomic E-state index is 5.69. The van der Waals surface area contributed by atoms with Crippen LogP contribution < -0.4 is 14.8 Å².